The molecule has 192 valence electrons. The lowest BCUT2D eigenvalue weighted by atomic mass is 10.1. The van der Waals surface area contributed by atoms with Crippen LogP contribution in [0.3, 0.4) is 0 Å². The molecular weight excluding hydrogens is 509 g/mol. The van der Waals surface area contributed by atoms with Crippen molar-refractivity contribution in [2.24, 2.45) is 0 Å². The van der Waals surface area contributed by atoms with E-state index in [1.54, 1.807) is 60.7 Å². The monoisotopic (exact) mass is 532 g/mol. The summed E-state index contributed by atoms with van der Waals surface area (Å²) in [6.45, 7) is 0. The Labute approximate surface area is 222 Å². The van der Waals surface area contributed by atoms with Gasteiger partial charge in [-0.1, -0.05) is 78.9 Å². The smallest absolute Gasteiger partial charge is 0.324 e. The quantitative estimate of drug-likeness (QED) is 0.180. The number of para-hydroxylation sites is 1. The lowest BCUT2D eigenvalue weighted by Crippen LogP contribution is -2.21. The fourth-order valence-electron chi connectivity index (χ4n) is 3.64. The zero-order valence-electron chi connectivity index (χ0n) is 20.0. The summed E-state index contributed by atoms with van der Waals surface area (Å²) in [7, 11) is 0. The van der Waals surface area contributed by atoms with Gasteiger partial charge >= 0.3 is 6.18 Å². The van der Waals surface area contributed by atoms with E-state index in [1.165, 1.54) is 36.0 Å². The highest BCUT2D eigenvalue weighted by Crippen LogP contribution is 2.39. The van der Waals surface area contributed by atoms with E-state index in [9.17, 15) is 22.8 Å². The lowest BCUT2D eigenvalue weighted by Gasteiger charge is -2.19. The average Bonchev–Trinajstić information content (AvgIpc) is 2.91. The van der Waals surface area contributed by atoms with Crippen LogP contribution < -0.4 is 10.6 Å². The molecule has 0 aliphatic heterocycles. The number of nitrogens with one attached hydrogen (secondary N) is 2. The summed E-state index contributed by atoms with van der Waals surface area (Å²) in [6.07, 6.45) is -1.49. The van der Waals surface area contributed by atoms with Crippen molar-refractivity contribution < 1.29 is 22.8 Å². The Morgan fingerprint density at radius 1 is 0.763 bits per heavy atom. The minimum absolute atomic E-state index is 0.308. The van der Waals surface area contributed by atoms with Gasteiger partial charge in [0, 0.05) is 16.7 Å². The number of carbonyl (C=O) groups excluding carboxylic acids is 2. The second-order valence-electron chi connectivity index (χ2n) is 8.20. The van der Waals surface area contributed by atoms with Gasteiger partial charge < -0.3 is 10.6 Å². The Kier molecular flexibility index (Phi) is 8.66. The molecule has 2 amide bonds. The topological polar surface area (TPSA) is 58.2 Å². The van der Waals surface area contributed by atoms with E-state index in [0.717, 1.165) is 11.6 Å². The third kappa shape index (κ3) is 7.36. The third-order valence-electron chi connectivity index (χ3n) is 5.41. The highest BCUT2D eigenvalue weighted by Gasteiger charge is 2.34. The van der Waals surface area contributed by atoms with Crippen LogP contribution in [0.5, 0.6) is 0 Å². The van der Waals surface area contributed by atoms with E-state index in [4.69, 9.17) is 0 Å². The number of thioether (sulfide) groups is 1. The Hall–Kier alpha value is -4.30. The molecule has 0 bridgehead atoms. The van der Waals surface area contributed by atoms with Gasteiger partial charge in [-0.25, -0.2) is 0 Å². The predicted molar refractivity (Wildman–Crippen MR) is 146 cm³/mol. The molecule has 0 aliphatic carbocycles. The molecular formula is C30H23F3N2O2S. The number of rotatable bonds is 8. The molecule has 0 aromatic heterocycles. The summed E-state index contributed by atoms with van der Waals surface area (Å²) in [5.74, 6) is -0.921. The standard InChI is InChI=1S/C30H23F3N2O2S/c31-30(32,33)25-16-7-8-17-26(25)35-29(37)28(22-12-5-2-6-13-22)38-24-15-9-14-23(20-24)34-27(36)19-18-21-10-3-1-4-11-21/h1-20,28H,(H,34,36)(H,35,37)/b19-18+. The van der Waals surface area contributed by atoms with Gasteiger partial charge in [-0.15, -0.1) is 11.8 Å². The average molecular weight is 533 g/mol. The molecule has 2 N–H and O–H groups in total. The molecule has 0 heterocycles. The summed E-state index contributed by atoms with van der Waals surface area (Å²) >= 11 is 1.17. The van der Waals surface area contributed by atoms with Crippen LogP contribution >= 0.6 is 11.8 Å². The number of hydrogen-bond acceptors (Lipinski definition) is 3. The zero-order chi connectivity index (χ0) is 27.0. The van der Waals surface area contributed by atoms with Crippen molar-refractivity contribution in [3.05, 3.63) is 132 Å². The maximum absolute atomic E-state index is 13.5. The highest BCUT2D eigenvalue weighted by atomic mass is 32.2. The largest absolute Gasteiger partial charge is 0.418 e. The molecule has 4 aromatic carbocycles. The SMILES string of the molecule is O=C(/C=C/c1ccccc1)Nc1cccc(SC(C(=O)Nc2ccccc2C(F)(F)F)c2ccccc2)c1. The van der Waals surface area contributed by atoms with Crippen molar-refractivity contribution >= 4 is 41.0 Å². The minimum atomic E-state index is -4.61. The van der Waals surface area contributed by atoms with Gasteiger partial charge in [0.25, 0.3) is 0 Å². The summed E-state index contributed by atoms with van der Waals surface area (Å²) in [5.41, 5.74) is 0.805. The first-order valence-electron chi connectivity index (χ1n) is 11.6. The van der Waals surface area contributed by atoms with Gasteiger partial charge in [0.15, 0.2) is 0 Å². The Morgan fingerprint density at radius 2 is 1.42 bits per heavy atom. The zero-order valence-corrected chi connectivity index (χ0v) is 20.8. The Balaban J connectivity index is 1.53. The van der Waals surface area contributed by atoms with Crippen LogP contribution in [0.25, 0.3) is 6.08 Å². The fourth-order valence-corrected chi connectivity index (χ4v) is 4.73. The molecule has 0 radical (unpaired) electrons. The van der Waals surface area contributed by atoms with Crippen LogP contribution in [0.4, 0.5) is 24.5 Å². The molecule has 0 spiro atoms. The number of halogens is 3. The van der Waals surface area contributed by atoms with Gasteiger partial charge in [-0.05, 0) is 47.5 Å². The van der Waals surface area contributed by atoms with E-state index >= 15 is 0 Å². The van der Waals surface area contributed by atoms with Crippen molar-refractivity contribution in [1.29, 1.82) is 0 Å². The second-order valence-corrected chi connectivity index (χ2v) is 9.38. The Morgan fingerprint density at radius 3 is 2.13 bits per heavy atom. The first kappa shape index (κ1) is 26.8. The molecule has 0 fully saturated rings. The van der Waals surface area contributed by atoms with Crippen molar-refractivity contribution in [2.45, 2.75) is 16.3 Å². The van der Waals surface area contributed by atoms with Crippen molar-refractivity contribution in [3.63, 3.8) is 0 Å². The number of alkyl halides is 3. The van der Waals surface area contributed by atoms with Crippen LogP contribution in [-0.4, -0.2) is 11.8 Å². The summed E-state index contributed by atoms with van der Waals surface area (Å²) in [5, 5.41) is 4.40. The highest BCUT2D eigenvalue weighted by molar-refractivity contribution is 8.00. The maximum Gasteiger partial charge on any atom is 0.418 e. The molecule has 8 heteroatoms. The van der Waals surface area contributed by atoms with E-state index in [1.807, 2.05) is 30.3 Å². The molecule has 1 unspecified atom stereocenters. The van der Waals surface area contributed by atoms with E-state index < -0.39 is 22.9 Å². The number of carbonyl (C=O) groups is 2. The number of hydrogen-bond donors (Lipinski definition) is 2. The number of amides is 2. The maximum atomic E-state index is 13.5. The molecule has 1 atom stereocenters. The van der Waals surface area contributed by atoms with Crippen LogP contribution in [0.1, 0.15) is 21.9 Å². The van der Waals surface area contributed by atoms with Gasteiger partial charge in [0.05, 0.1) is 11.3 Å². The van der Waals surface area contributed by atoms with E-state index in [2.05, 4.69) is 10.6 Å². The van der Waals surface area contributed by atoms with Gasteiger partial charge in [-0.2, -0.15) is 13.2 Å². The van der Waals surface area contributed by atoms with Crippen LogP contribution in [0.2, 0.25) is 0 Å². The molecule has 4 rings (SSSR count). The number of anilines is 2. The van der Waals surface area contributed by atoms with Crippen molar-refractivity contribution in [2.75, 3.05) is 10.6 Å². The van der Waals surface area contributed by atoms with Gasteiger partial charge in [-0.3, -0.25) is 9.59 Å². The third-order valence-corrected chi connectivity index (χ3v) is 6.66. The number of benzene rings is 4. The minimum Gasteiger partial charge on any atom is -0.324 e. The molecule has 38 heavy (non-hydrogen) atoms. The van der Waals surface area contributed by atoms with Crippen LogP contribution in [0, 0.1) is 0 Å². The van der Waals surface area contributed by atoms with Gasteiger partial charge in [0.1, 0.15) is 5.25 Å². The fraction of sp³-hybridized carbons (Fsp3) is 0.0667. The molecule has 0 aliphatic rings. The summed E-state index contributed by atoms with van der Waals surface area (Å²) < 4.78 is 40.4. The van der Waals surface area contributed by atoms with Crippen molar-refractivity contribution in [3.8, 4) is 0 Å². The molecule has 4 nitrogen and oxygen atoms in total. The Bertz CT molecular complexity index is 1420. The first-order valence-corrected chi connectivity index (χ1v) is 12.5. The molecule has 0 saturated heterocycles. The van der Waals surface area contributed by atoms with Crippen molar-refractivity contribution in [1.82, 2.24) is 0 Å². The van der Waals surface area contributed by atoms with E-state index in [-0.39, 0.29) is 11.6 Å². The second kappa shape index (κ2) is 12.3. The van der Waals surface area contributed by atoms with Crippen LogP contribution in [0.15, 0.2) is 120 Å². The molecule has 4 aromatic rings. The predicted octanol–water partition coefficient (Wildman–Crippen LogP) is 7.83. The summed E-state index contributed by atoms with van der Waals surface area (Å²) in [6, 6.07) is 30.0. The van der Waals surface area contributed by atoms with Gasteiger partial charge in [0.2, 0.25) is 11.8 Å². The lowest BCUT2D eigenvalue weighted by molar-refractivity contribution is -0.137. The first-order chi connectivity index (χ1) is 18.3. The van der Waals surface area contributed by atoms with Crippen LogP contribution in [-0.2, 0) is 15.8 Å². The molecule has 0 saturated carbocycles. The normalized spacial score (nSPS) is 12.2. The van der Waals surface area contributed by atoms with E-state index in [0.29, 0.717) is 16.1 Å². The summed E-state index contributed by atoms with van der Waals surface area (Å²) in [4.78, 5) is 26.4.